The van der Waals surface area contributed by atoms with E-state index in [1.807, 2.05) is 11.9 Å². The second-order valence-electron chi connectivity index (χ2n) is 4.25. The highest BCUT2D eigenvalue weighted by atomic mass is 16.4. The van der Waals surface area contributed by atoms with E-state index in [9.17, 15) is 5.11 Å². The Morgan fingerprint density at radius 1 is 1.50 bits per heavy atom. The van der Waals surface area contributed by atoms with E-state index < -0.39 is 5.60 Å². The van der Waals surface area contributed by atoms with E-state index in [0.717, 1.165) is 13.0 Å². The first-order valence-corrected chi connectivity index (χ1v) is 4.72. The number of amidine groups is 1. The number of rotatable bonds is 6. The van der Waals surface area contributed by atoms with Crippen molar-refractivity contribution in [2.24, 2.45) is 10.9 Å². The lowest BCUT2D eigenvalue weighted by Crippen LogP contribution is -2.36. The van der Waals surface area contributed by atoms with E-state index in [1.165, 1.54) is 0 Å². The highest BCUT2D eigenvalue weighted by Crippen LogP contribution is 2.03. The molecule has 0 aromatic carbocycles. The molecule has 0 heterocycles. The van der Waals surface area contributed by atoms with Crippen LogP contribution in [0.2, 0.25) is 0 Å². The van der Waals surface area contributed by atoms with Gasteiger partial charge in [0.05, 0.1) is 5.60 Å². The Kier molecular flexibility index (Phi) is 5.49. The maximum absolute atomic E-state index is 9.51. The van der Waals surface area contributed by atoms with Gasteiger partial charge in [0, 0.05) is 13.0 Å². The summed E-state index contributed by atoms with van der Waals surface area (Å²) in [7, 11) is 1.93. The zero-order valence-electron chi connectivity index (χ0n) is 9.19. The fraction of sp³-hybridized carbons (Fsp3) is 0.889. The number of nitrogens with zero attached hydrogens (tertiary/aromatic N) is 2. The molecule has 0 fully saturated rings. The lowest BCUT2D eigenvalue weighted by Gasteiger charge is -2.25. The first-order chi connectivity index (χ1) is 6.35. The number of nitrogens with two attached hydrogens (primary N) is 1. The molecular formula is C9H21N3O2. The summed E-state index contributed by atoms with van der Waals surface area (Å²) in [4.78, 5) is 2.02. The molecule has 0 amide bonds. The fourth-order valence-corrected chi connectivity index (χ4v) is 1.32. The molecule has 5 heteroatoms. The van der Waals surface area contributed by atoms with Crippen LogP contribution < -0.4 is 5.73 Å². The molecular weight excluding hydrogens is 182 g/mol. The van der Waals surface area contributed by atoms with E-state index in [2.05, 4.69) is 5.16 Å². The van der Waals surface area contributed by atoms with Crippen molar-refractivity contribution in [1.82, 2.24) is 4.90 Å². The number of likely N-dealkylation sites (N-methyl/N-ethyl adjacent to an activating group) is 1. The Bertz CT molecular complexity index is 187. The van der Waals surface area contributed by atoms with Gasteiger partial charge in [-0.1, -0.05) is 5.16 Å². The predicted molar refractivity (Wildman–Crippen MR) is 56.4 cm³/mol. The summed E-state index contributed by atoms with van der Waals surface area (Å²) in [5.41, 5.74) is 4.64. The molecule has 0 aliphatic carbocycles. The van der Waals surface area contributed by atoms with Crippen molar-refractivity contribution in [2.45, 2.75) is 32.3 Å². The topological polar surface area (TPSA) is 82.1 Å². The summed E-state index contributed by atoms with van der Waals surface area (Å²) in [5.74, 6) is 0.252. The summed E-state index contributed by atoms with van der Waals surface area (Å²) in [6.45, 7) is 4.98. The normalized spacial score (nSPS) is 13.6. The second kappa shape index (κ2) is 5.82. The van der Waals surface area contributed by atoms with Gasteiger partial charge in [-0.3, -0.25) is 0 Å². The number of aliphatic hydroxyl groups is 1. The average molecular weight is 203 g/mol. The van der Waals surface area contributed by atoms with Crippen molar-refractivity contribution in [3.8, 4) is 0 Å². The van der Waals surface area contributed by atoms with Crippen molar-refractivity contribution >= 4 is 5.84 Å². The first kappa shape index (κ1) is 13.2. The van der Waals surface area contributed by atoms with Crippen molar-refractivity contribution in [2.75, 3.05) is 20.1 Å². The van der Waals surface area contributed by atoms with Gasteiger partial charge < -0.3 is 20.9 Å². The maximum atomic E-state index is 9.51. The zero-order chi connectivity index (χ0) is 11.2. The van der Waals surface area contributed by atoms with Crippen LogP contribution in [-0.2, 0) is 0 Å². The van der Waals surface area contributed by atoms with Crippen LogP contribution in [0.1, 0.15) is 26.7 Å². The van der Waals surface area contributed by atoms with Crippen LogP contribution >= 0.6 is 0 Å². The molecule has 4 N–H and O–H groups in total. The molecule has 0 aliphatic rings. The van der Waals surface area contributed by atoms with Crippen LogP contribution in [0.4, 0.5) is 0 Å². The molecule has 5 nitrogen and oxygen atoms in total. The Morgan fingerprint density at radius 3 is 2.50 bits per heavy atom. The van der Waals surface area contributed by atoms with Crippen molar-refractivity contribution in [1.29, 1.82) is 0 Å². The van der Waals surface area contributed by atoms with Crippen LogP contribution in [0.15, 0.2) is 5.16 Å². The Hall–Kier alpha value is -0.810. The third kappa shape index (κ3) is 7.82. The number of oxime groups is 1. The van der Waals surface area contributed by atoms with E-state index in [4.69, 9.17) is 10.9 Å². The van der Waals surface area contributed by atoms with Crippen molar-refractivity contribution < 1.29 is 10.3 Å². The van der Waals surface area contributed by atoms with Crippen LogP contribution in [0.3, 0.4) is 0 Å². The summed E-state index contributed by atoms with van der Waals surface area (Å²) >= 11 is 0. The highest BCUT2D eigenvalue weighted by molar-refractivity contribution is 5.79. The predicted octanol–water partition coefficient (Wildman–Crippen LogP) is 0.216. The van der Waals surface area contributed by atoms with Crippen LogP contribution in [0.25, 0.3) is 0 Å². The third-order valence-electron chi connectivity index (χ3n) is 1.76. The van der Waals surface area contributed by atoms with Gasteiger partial charge in [0.1, 0.15) is 5.84 Å². The van der Waals surface area contributed by atoms with Gasteiger partial charge in [0.2, 0.25) is 0 Å². The lowest BCUT2D eigenvalue weighted by atomic mass is 10.1. The Labute approximate surface area is 85.2 Å². The molecule has 0 bridgehead atoms. The second-order valence-corrected chi connectivity index (χ2v) is 4.25. The minimum atomic E-state index is -0.675. The van der Waals surface area contributed by atoms with Crippen LogP contribution in [-0.4, -0.2) is 46.8 Å². The van der Waals surface area contributed by atoms with Crippen LogP contribution in [0, 0.1) is 0 Å². The maximum Gasteiger partial charge on any atom is 0.139 e. The third-order valence-corrected chi connectivity index (χ3v) is 1.76. The molecule has 84 valence electrons. The summed E-state index contributed by atoms with van der Waals surface area (Å²) < 4.78 is 0. The molecule has 0 saturated heterocycles. The molecule has 0 spiro atoms. The minimum absolute atomic E-state index is 0.252. The van der Waals surface area contributed by atoms with Gasteiger partial charge in [-0.25, -0.2) is 0 Å². The monoisotopic (exact) mass is 203 g/mol. The van der Waals surface area contributed by atoms with Gasteiger partial charge in [-0.15, -0.1) is 0 Å². The molecule has 0 aliphatic heterocycles. The van der Waals surface area contributed by atoms with Crippen molar-refractivity contribution in [3.05, 3.63) is 0 Å². The Balaban J connectivity index is 3.60. The molecule has 0 aromatic rings. The summed E-state index contributed by atoms with van der Waals surface area (Å²) in [6.07, 6.45) is 1.40. The van der Waals surface area contributed by atoms with Gasteiger partial charge in [-0.2, -0.15) is 0 Å². The standard InChI is InChI=1S/C9H21N3O2/c1-9(2,13)7-12(3)6-4-5-8(10)11-14/h13-14H,4-7H2,1-3H3,(H2,10,11). The fourth-order valence-electron chi connectivity index (χ4n) is 1.32. The SMILES string of the molecule is CN(CCCC(N)=NO)CC(C)(C)O. The van der Waals surface area contributed by atoms with Gasteiger partial charge >= 0.3 is 0 Å². The quantitative estimate of drug-likeness (QED) is 0.249. The molecule has 0 aromatic heterocycles. The smallest absolute Gasteiger partial charge is 0.139 e. The molecule has 0 unspecified atom stereocenters. The summed E-state index contributed by atoms with van der Waals surface area (Å²) in [5, 5.41) is 20.7. The Morgan fingerprint density at radius 2 is 2.07 bits per heavy atom. The highest BCUT2D eigenvalue weighted by Gasteiger charge is 2.14. The largest absolute Gasteiger partial charge is 0.409 e. The van der Waals surface area contributed by atoms with Crippen molar-refractivity contribution in [3.63, 3.8) is 0 Å². The van der Waals surface area contributed by atoms with E-state index in [-0.39, 0.29) is 5.84 Å². The molecule has 0 saturated carbocycles. The van der Waals surface area contributed by atoms with Gasteiger partial charge in [0.25, 0.3) is 0 Å². The molecule has 0 radical (unpaired) electrons. The first-order valence-electron chi connectivity index (χ1n) is 4.72. The number of hydrogen-bond donors (Lipinski definition) is 3. The minimum Gasteiger partial charge on any atom is -0.409 e. The van der Waals surface area contributed by atoms with E-state index >= 15 is 0 Å². The van der Waals surface area contributed by atoms with E-state index in [1.54, 1.807) is 13.8 Å². The molecule has 14 heavy (non-hydrogen) atoms. The van der Waals surface area contributed by atoms with Gasteiger partial charge in [-0.05, 0) is 33.9 Å². The van der Waals surface area contributed by atoms with E-state index in [0.29, 0.717) is 13.0 Å². The van der Waals surface area contributed by atoms with Gasteiger partial charge in [0.15, 0.2) is 0 Å². The summed E-state index contributed by atoms with van der Waals surface area (Å²) in [6, 6.07) is 0. The lowest BCUT2D eigenvalue weighted by molar-refractivity contribution is 0.0445. The average Bonchev–Trinajstić information content (AvgIpc) is 2.00. The number of hydrogen-bond acceptors (Lipinski definition) is 4. The zero-order valence-corrected chi connectivity index (χ0v) is 9.19. The molecule has 0 rings (SSSR count). The van der Waals surface area contributed by atoms with Crippen LogP contribution in [0.5, 0.6) is 0 Å². The molecule has 0 atom stereocenters.